The number of nitrogens with one attached hydrogen (secondary N) is 1. The smallest absolute Gasteiger partial charge is 0.234 e. The van der Waals surface area contributed by atoms with Gasteiger partial charge in [0.25, 0.3) is 0 Å². The van der Waals surface area contributed by atoms with E-state index in [1.54, 1.807) is 6.07 Å². The molecule has 0 unspecified atom stereocenters. The van der Waals surface area contributed by atoms with Gasteiger partial charge in [0.15, 0.2) is 5.58 Å². The zero-order valence-corrected chi connectivity index (χ0v) is 17.3. The van der Waals surface area contributed by atoms with Crippen LogP contribution in [0.5, 0.6) is 0 Å². The molecule has 4 rings (SSSR count). The van der Waals surface area contributed by atoms with Crippen molar-refractivity contribution in [1.82, 2.24) is 14.6 Å². The fourth-order valence-electron chi connectivity index (χ4n) is 3.12. The predicted molar refractivity (Wildman–Crippen MR) is 112 cm³/mol. The van der Waals surface area contributed by atoms with Crippen LogP contribution >= 0.6 is 23.4 Å². The van der Waals surface area contributed by atoms with E-state index in [1.807, 2.05) is 45.0 Å². The lowest BCUT2D eigenvalue weighted by atomic mass is 10.2. The van der Waals surface area contributed by atoms with Crippen LogP contribution in [0.4, 0.5) is 5.69 Å². The van der Waals surface area contributed by atoms with Gasteiger partial charge in [0.1, 0.15) is 16.6 Å². The van der Waals surface area contributed by atoms with E-state index >= 15 is 0 Å². The third kappa shape index (κ3) is 3.47. The number of furan rings is 1. The van der Waals surface area contributed by atoms with E-state index in [4.69, 9.17) is 16.0 Å². The van der Waals surface area contributed by atoms with E-state index in [0.29, 0.717) is 15.7 Å². The molecule has 0 radical (unpaired) electrons. The second-order valence-electron chi connectivity index (χ2n) is 6.57. The molecule has 0 aliphatic carbocycles. The zero-order chi connectivity index (χ0) is 19.8. The molecule has 3 aromatic heterocycles. The molecule has 1 N–H and O–H groups in total. The lowest BCUT2D eigenvalue weighted by Crippen LogP contribution is -2.15. The molecule has 0 bridgehead atoms. The fraction of sp³-hybridized carbons (Fsp3) is 0.250. The number of anilines is 1. The van der Waals surface area contributed by atoms with Crippen LogP contribution in [0.1, 0.15) is 24.1 Å². The lowest BCUT2D eigenvalue weighted by Gasteiger charge is -2.09. The molecule has 0 aliphatic heterocycles. The Morgan fingerprint density at radius 1 is 1.21 bits per heavy atom. The summed E-state index contributed by atoms with van der Waals surface area (Å²) in [7, 11) is 0. The number of thioether (sulfide) groups is 1. The third-order valence-electron chi connectivity index (χ3n) is 4.40. The minimum atomic E-state index is -0.152. The summed E-state index contributed by atoms with van der Waals surface area (Å²) in [5, 5.41) is 12.7. The number of hydrogen-bond acceptors (Lipinski definition) is 5. The Bertz CT molecular complexity index is 1200. The van der Waals surface area contributed by atoms with Crippen LogP contribution in [0.25, 0.3) is 16.6 Å². The van der Waals surface area contributed by atoms with E-state index in [2.05, 4.69) is 19.9 Å². The highest BCUT2D eigenvalue weighted by molar-refractivity contribution is 8.00. The number of fused-ring (bicyclic) bond motifs is 3. The van der Waals surface area contributed by atoms with Crippen LogP contribution in [-0.4, -0.2) is 26.3 Å². The molecular weight excluding hydrogens is 396 g/mol. The van der Waals surface area contributed by atoms with E-state index in [9.17, 15) is 4.79 Å². The number of amides is 1. The molecule has 28 heavy (non-hydrogen) atoms. The van der Waals surface area contributed by atoms with Crippen LogP contribution in [0.15, 0.2) is 39.8 Å². The van der Waals surface area contributed by atoms with E-state index < -0.39 is 0 Å². The number of halogens is 1. The molecule has 1 amide bonds. The van der Waals surface area contributed by atoms with Gasteiger partial charge in [-0.15, -0.1) is 10.2 Å². The maximum absolute atomic E-state index is 12.4. The highest BCUT2D eigenvalue weighted by atomic mass is 35.5. The topological polar surface area (TPSA) is 72.4 Å². The van der Waals surface area contributed by atoms with Gasteiger partial charge >= 0.3 is 0 Å². The molecule has 0 spiro atoms. The second kappa shape index (κ2) is 7.48. The first-order valence-corrected chi connectivity index (χ1v) is 10.3. The third-order valence-corrected chi connectivity index (χ3v) is 5.68. The van der Waals surface area contributed by atoms with Crippen molar-refractivity contribution < 1.29 is 9.21 Å². The van der Waals surface area contributed by atoms with E-state index in [-0.39, 0.29) is 11.7 Å². The average Bonchev–Trinajstić information content (AvgIpc) is 3.18. The Balaban J connectivity index is 1.58. The van der Waals surface area contributed by atoms with Crippen LogP contribution in [-0.2, 0) is 11.2 Å². The molecule has 0 aliphatic rings. The number of nitrogens with zero attached hydrogens (tertiary/aromatic N) is 3. The number of carbonyl (C=O) groups excluding carboxylic acids is 1. The molecule has 3 heterocycles. The summed E-state index contributed by atoms with van der Waals surface area (Å²) >= 11 is 7.53. The van der Waals surface area contributed by atoms with Gasteiger partial charge in [0.2, 0.25) is 5.91 Å². The zero-order valence-electron chi connectivity index (χ0n) is 15.7. The van der Waals surface area contributed by atoms with Crippen molar-refractivity contribution in [2.75, 3.05) is 11.1 Å². The van der Waals surface area contributed by atoms with Crippen LogP contribution in [0.2, 0.25) is 5.02 Å². The molecular formula is C20H19ClN4O2S. The Hall–Kier alpha value is -2.51. The fourth-order valence-corrected chi connectivity index (χ4v) is 4.14. The standard InChI is InChI=1S/C20H19ClN4O2S/c1-4-18-23-24-20(16-9-17-15(25(16)18)8-12(3)27-17)28-10-19(26)22-14-6-5-11(2)7-13(14)21/h5-9H,4,10H2,1-3H3,(H,22,26). The van der Waals surface area contributed by atoms with Crippen LogP contribution in [0, 0.1) is 13.8 Å². The number of aryl methyl sites for hydroxylation is 3. The van der Waals surface area contributed by atoms with Crippen molar-refractivity contribution in [3.8, 4) is 0 Å². The second-order valence-corrected chi connectivity index (χ2v) is 7.94. The molecule has 4 aromatic rings. The van der Waals surface area contributed by atoms with Gasteiger partial charge in [-0.1, -0.05) is 36.4 Å². The predicted octanol–water partition coefficient (Wildman–Crippen LogP) is 5.04. The van der Waals surface area contributed by atoms with Gasteiger partial charge in [-0.2, -0.15) is 0 Å². The Labute approximate surface area is 171 Å². The molecule has 1 aromatic carbocycles. The molecule has 0 saturated heterocycles. The quantitative estimate of drug-likeness (QED) is 0.463. The van der Waals surface area contributed by atoms with Gasteiger partial charge in [0.05, 0.1) is 27.5 Å². The average molecular weight is 415 g/mol. The molecule has 144 valence electrons. The van der Waals surface area contributed by atoms with Crippen molar-refractivity contribution in [3.05, 3.63) is 52.5 Å². The number of aromatic nitrogens is 3. The largest absolute Gasteiger partial charge is 0.460 e. The lowest BCUT2D eigenvalue weighted by molar-refractivity contribution is -0.113. The summed E-state index contributed by atoms with van der Waals surface area (Å²) in [6.07, 6.45) is 0.745. The normalized spacial score (nSPS) is 11.4. The number of rotatable bonds is 5. The van der Waals surface area contributed by atoms with Gasteiger partial charge in [-0.05, 0) is 31.5 Å². The summed E-state index contributed by atoms with van der Waals surface area (Å²) in [5.41, 5.74) is 4.30. The van der Waals surface area contributed by atoms with Gasteiger partial charge in [0, 0.05) is 18.6 Å². The Kier molecular flexibility index (Phi) is 5.03. The molecule has 6 nitrogen and oxygen atoms in total. The van der Waals surface area contributed by atoms with Crippen LogP contribution in [0.3, 0.4) is 0 Å². The van der Waals surface area contributed by atoms with Crippen molar-refractivity contribution >= 4 is 51.6 Å². The molecule has 0 fully saturated rings. The minimum Gasteiger partial charge on any atom is -0.460 e. The summed E-state index contributed by atoms with van der Waals surface area (Å²) in [4.78, 5) is 12.4. The van der Waals surface area contributed by atoms with Crippen molar-refractivity contribution in [3.63, 3.8) is 0 Å². The number of carbonyl (C=O) groups is 1. The maximum Gasteiger partial charge on any atom is 0.234 e. The summed E-state index contributed by atoms with van der Waals surface area (Å²) in [6.45, 7) is 5.91. The molecule has 0 saturated carbocycles. The molecule has 0 atom stereocenters. The summed E-state index contributed by atoms with van der Waals surface area (Å²) in [6, 6.07) is 9.47. The highest BCUT2D eigenvalue weighted by Gasteiger charge is 2.17. The highest BCUT2D eigenvalue weighted by Crippen LogP contribution is 2.30. The van der Waals surface area contributed by atoms with Crippen molar-refractivity contribution in [2.45, 2.75) is 32.2 Å². The van der Waals surface area contributed by atoms with E-state index in [0.717, 1.165) is 40.2 Å². The van der Waals surface area contributed by atoms with E-state index in [1.165, 1.54) is 11.8 Å². The first-order chi connectivity index (χ1) is 13.5. The number of benzene rings is 1. The number of hydrogen-bond donors (Lipinski definition) is 1. The van der Waals surface area contributed by atoms with Crippen molar-refractivity contribution in [1.29, 1.82) is 0 Å². The van der Waals surface area contributed by atoms with Gasteiger partial charge in [-0.3, -0.25) is 9.20 Å². The summed E-state index contributed by atoms with van der Waals surface area (Å²) in [5.74, 6) is 1.75. The Morgan fingerprint density at radius 2 is 2.04 bits per heavy atom. The van der Waals surface area contributed by atoms with Gasteiger partial charge < -0.3 is 9.73 Å². The van der Waals surface area contributed by atoms with Gasteiger partial charge in [-0.25, -0.2) is 0 Å². The first-order valence-electron chi connectivity index (χ1n) is 8.92. The first kappa shape index (κ1) is 18.8. The SMILES string of the molecule is CCc1nnc(SCC(=O)Nc2ccc(C)cc2Cl)c2cc3oc(C)cc3n12. The monoisotopic (exact) mass is 414 g/mol. The van der Waals surface area contributed by atoms with Crippen molar-refractivity contribution in [2.24, 2.45) is 0 Å². The Morgan fingerprint density at radius 3 is 2.79 bits per heavy atom. The maximum atomic E-state index is 12.4. The summed E-state index contributed by atoms with van der Waals surface area (Å²) < 4.78 is 7.81. The molecule has 8 heteroatoms. The minimum absolute atomic E-state index is 0.152. The van der Waals surface area contributed by atoms with Crippen LogP contribution < -0.4 is 5.32 Å².